The molecule has 3 rings (SSSR count). The molecule has 0 saturated heterocycles. The summed E-state index contributed by atoms with van der Waals surface area (Å²) < 4.78 is 11.9. The van der Waals surface area contributed by atoms with Crippen molar-refractivity contribution in [2.45, 2.75) is 6.54 Å². The first-order valence-electron chi connectivity index (χ1n) is 8.81. The number of nitrogens with one attached hydrogen (secondary N) is 1. The molecule has 0 saturated carbocycles. The molecule has 3 aromatic rings. The third-order valence-electron chi connectivity index (χ3n) is 4.02. The number of benzene rings is 2. The lowest BCUT2D eigenvalue weighted by atomic mass is 10.1. The van der Waals surface area contributed by atoms with Crippen LogP contribution in [-0.2, 0) is 11.3 Å². The number of nitrogens with zero attached hydrogens (tertiary/aromatic N) is 2. The van der Waals surface area contributed by atoms with E-state index in [0.717, 1.165) is 11.3 Å². The number of rotatable bonds is 8. The van der Waals surface area contributed by atoms with Crippen LogP contribution in [0.4, 0.5) is 0 Å². The molecule has 0 aliphatic carbocycles. The molecule has 2 aromatic carbocycles. The topological polar surface area (TPSA) is 82.4 Å². The molecule has 1 heterocycles. The molecule has 7 nitrogen and oxygen atoms in total. The fourth-order valence-electron chi connectivity index (χ4n) is 2.55. The number of carbonyl (C=O) groups is 1. The van der Waals surface area contributed by atoms with Crippen LogP contribution in [0.3, 0.4) is 0 Å². The van der Waals surface area contributed by atoms with Crippen molar-refractivity contribution in [2.75, 3.05) is 20.3 Å². The Labute approximate surface area is 162 Å². The first-order valence-corrected chi connectivity index (χ1v) is 8.81. The van der Waals surface area contributed by atoms with Crippen LogP contribution in [-0.4, -0.2) is 35.7 Å². The second-order valence-electron chi connectivity index (χ2n) is 5.98. The summed E-state index contributed by atoms with van der Waals surface area (Å²) in [5, 5.41) is 2.72. The van der Waals surface area contributed by atoms with Crippen molar-refractivity contribution < 1.29 is 14.3 Å². The van der Waals surface area contributed by atoms with Gasteiger partial charge in [-0.2, -0.15) is 0 Å². The maximum atomic E-state index is 12.2. The Balaban J connectivity index is 1.47. The van der Waals surface area contributed by atoms with E-state index in [0.29, 0.717) is 24.6 Å². The quantitative estimate of drug-likeness (QED) is 0.606. The predicted octanol–water partition coefficient (Wildman–Crippen LogP) is 2.11. The molecule has 28 heavy (non-hydrogen) atoms. The zero-order valence-corrected chi connectivity index (χ0v) is 15.5. The molecule has 144 valence electrons. The van der Waals surface area contributed by atoms with Crippen molar-refractivity contribution >= 4 is 5.91 Å². The van der Waals surface area contributed by atoms with Gasteiger partial charge in [0.15, 0.2) is 0 Å². The number of amides is 1. The minimum absolute atomic E-state index is 0.0938. The van der Waals surface area contributed by atoms with Crippen LogP contribution in [0.2, 0.25) is 0 Å². The van der Waals surface area contributed by atoms with Gasteiger partial charge in [-0.25, -0.2) is 4.98 Å². The highest BCUT2D eigenvalue weighted by Crippen LogP contribution is 2.16. The molecule has 0 spiro atoms. The van der Waals surface area contributed by atoms with Crippen molar-refractivity contribution in [1.82, 2.24) is 14.9 Å². The monoisotopic (exact) mass is 379 g/mol. The lowest BCUT2D eigenvalue weighted by Gasteiger charge is -2.09. The van der Waals surface area contributed by atoms with E-state index in [1.54, 1.807) is 31.4 Å². The van der Waals surface area contributed by atoms with Gasteiger partial charge in [0.05, 0.1) is 25.7 Å². The molecular formula is C21H21N3O4. The Morgan fingerprint density at radius 3 is 2.46 bits per heavy atom. The van der Waals surface area contributed by atoms with Gasteiger partial charge < -0.3 is 14.8 Å². The number of aromatic nitrogens is 2. The fraction of sp³-hybridized carbons (Fsp3) is 0.190. The highest BCUT2D eigenvalue weighted by molar-refractivity contribution is 5.75. The van der Waals surface area contributed by atoms with E-state index in [1.807, 2.05) is 30.3 Å². The second-order valence-corrected chi connectivity index (χ2v) is 5.98. The number of hydrogen-bond donors (Lipinski definition) is 1. The third-order valence-corrected chi connectivity index (χ3v) is 4.02. The zero-order valence-electron chi connectivity index (χ0n) is 15.5. The van der Waals surface area contributed by atoms with Crippen LogP contribution in [0.15, 0.2) is 71.8 Å². The molecule has 1 N–H and O–H groups in total. The summed E-state index contributed by atoms with van der Waals surface area (Å²) in [5.74, 6) is 1.15. The molecule has 0 atom stereocenters. The summed E-state index contributed by atoms with van der Waals surface area (Å²) >= 11 is 0. The number of ether oxygens (including phenoxy) is 2. The molecule has 0 fully saturated rings. The molecule has 1 aromatic heterocycles. The van der Waals surface area contributed by atoms with E-state index in [9.17, 15) is 9.59 Å². The smallest absolute Gasteiger partial charge is 0.254 e. The summed E-state index contributed by atoms with van der Waals surface area (Å²) in [6.07, 6.45) is 1.39. The summed E-state index contributed by atoms with van der Waals surface area (Å²) in [7, 11) is 1.60. The molecule has 7 heteroatoms. The summed E-state index contributed by atoms with van der Waals surface area (Å²) in [6, 6.07) is 18.0. The van der Waals surface area contributed by atoms with E-state index in [2.05, 4.69) is 10.3 Å². The Morgan fingerprint density at radius 2 is 1.79 bits per heavy atom. The molecular weight excluding hydrogens is 358 g/mol. The van der Waals surface area contributed by atoms with Crippen molar-refractivity contribution in [3.63, 3.8) is 0 Å². The molecule has 1 amide bonds. The first-order chi connectivity index (χ1) is 13.7. The van der Waals surface area contributed by atoms with Crippen LogP contribution < -0.4 is 20.3 Å². The van der Waals surface area contributed by atoms with Gasteiger partial charge in [0, 0.05) is 11.6 Å². The lowest BCUT2D eigenvalue weighted by Crippen LogP contribution is -2.34. The normalized spacial score (nSPS) is 10.3. The van der Waals surface area contributed by atoms with E-state index in [4.69, 9.17) is 9.47 Å². The van der Waals surface area contributed by atoms with Crippen molar-refractivity contribution in [2.24, 2.45) is 0 Å². The Bertz CT molecular complexity index is 969. The average molecular weight is 379 g/mol. The van der Waals surface area contributed by atoms with E-state index >= 15 is 0 Å². The highest BCUT2D eigenvalue weighted by atomic mass is 16.5. The van der Waals surface area contributed by atoms with Gasteiger partial charge in [0.2, 0.25) is 5.91 Å². The van der Waals surface area contributed by atoms with Gasteiger partial charge in [-0.1, -0.05) is 30.3 Å². The Hall–Kier alpha value is -3.61. The zero-order chi connectivity index (χ0) is 19.8. The van der Waals surface area contributed by atoms with Gasteiger partial charge in [-0.05, 0) is 24.3 Å². The van der Waals surface area contributed by atoms with E-state index in [-0.39, 0.29) is 18.0 Å². The number of hydrogen-bond acceptors (Lipinski definition) is 5. The van der Waals surface area contributed by atoms with E-state index in [1.165, 1.54) is 17.0 Å². The molecule has 0 bridgehead atoms. The standard InChI is InChI=1S/C21H21N3O4/c1-27-17-7-9-18(10-8-17)28-12-11-22-20(25)14-24-15-23-19(13-21(24)26)16-5-3-2-4-6-16/h2-10,13,15H,11-12,14H2,1H3,(H,22,25). The second kappa shape index (κ2) is 9.36. The molecule has 0 unspecified atom stereocenters. The maximum Gasteiger partial charge on any atom is 0.254 e. The summed E-state index contributed by atoms with van der Waals surface area (Å²) in [5.41, 5.74) is 1.15. The van der Waals surface area contributed by atoms with Gasteiger partial charge in [0.1, 0.15) is 24.7 Å². The van der Waals surface area contributed by atoms with Crippen molar-refractivity contribution in [3.05, 3.63) is 77.3 Å². The van der Waals surface area contributed by atoms with Crippen LogP contribution in [0.25, 0.3) is 11.3 Å². The Kier molecular flexibility index (Phi) is 6.41. The summed E-state index contributed by atoms with van der Waals surface area (Å²) in [6.45, 7) is 0.552. The number of carbonyl (C=O) groups excluding carboxylic acids is 1. The molecule has 0 aliphatic rings. The summed E-state index contributed by atoms with van der Waals surface area (Å²) in [4.78, 5) is 28.5. The van der Waals surface area contributed by atoms with Crippen LogP contribution in [0, 0.1) is 0 Å². The van der Waals surface area contributed by atoms with Crippen LogP contribution in [0.5, 0.6) is 11.5 Å². The Morgan fingerprint density at radius 1 is 1.07 bits per heavy atom. The van der Waals surface area contributed by atoms with Crippen LogP contribution in [0.1, 0.15) is 0 Å². The maximum absolute atomic E-state index is 12.2. The van der Waals surface area contributed by atoms with E-state index < -0.39 is 0 Å². The first kappa shape index (κ1) is 19.2. The largest absolute Gasteiger partial charge is 0.497 e. The SMILES string of the molecule is COc1ccc(OCCNC(=O)Cn2cnc(-c3ccccc3)cc2=O)cc1. The highest BCUT2D eigenvalue weighted by Gasteiger charge is 2.07. The minimum Gasteiger partial charge on any atom is -0.497 e. The van der Waals surface area contributed by atoms with Crippen molar-refractivity contribution in [3.8, 4) is 22.8 Å². The molecule has 0 aliphatic heterocycles. The number of methoxy groups -OCH3 is 1. The van der Waals surface area contributed by atoms with Gasteiger partial charge in [-0.3, -0.25) is 14.2 Å². The third kappa shape index (κ3) is 5.20. The van der Waals surface area contributed by atoms with Gasteiger partial charge in [-0.15, -0.1) is 0 Å². The van der Waals surface area contributed by atoms with Crippen LogP contribution >= 0.6 is 0 Å². The fourth-order valence-corrected chi connectivity index (χ4v) is 2.55. The van der Waals surface area contributed by atoms with Crippen molar-refractivity contribution in [1.29, 1.82) is 0 Å². The van der Waals surface area contributed by atoms with Gasteiger partial charge in [0.25, 0.3) is 5.56 Å². The molecule has 0 radical (unpaired) electrons. The minimum atomic E-state index is -0.283. The predicted molar refractivity (Wildman–Crippen MR) is 105 cm³/mol. The lowest BCUT2D eigenvalue weighted by molar-refractivity contribution is -0.121. The van der Waals surface area contributed by atoms with Gasteiger partial charge >= 0.3 is 0 Å². The average Bonchev–Trinajstić information content (AvgIpc) is 2.74.